The number of ether oxygens (including phenoxy) is 2. The van der Waals surface area contributed by atoms with Gasteiger partial charge in [0, 0.05) is 37.3 Å². The molecule has 0 aromatic heterocycles. The van der Waals surface area contributed by atoms with Crippen LogP contribution in [0.2, 0.25) is 0 Å². The Hall–Kier alpha value is -1.92. The van der Waals surface area contributed by atoms with Crippen molar-refractivity contribution >= 4 is 5.91 Å². The van der Waals surface area contributed by atoms with Crippen LogP contribution in [0.5, 0.6) is 5.75 Å². The Bertz CT molecular complexity index is 762. The fourth-order valence-corrected chi connectivity index (χ4v) is 5.55. The van der Waals surface area contributed by atoms with Gasteiger partial charge in [-0.2, -0.15) is 0 Å². The third kappa shape index (κ3) is 4.80. The molecule has 4 aliphatic rings. The van der Waals surface area contributed by atoms with E-state index in [1.54, 1.807) is 0 Å². The van der Waals surface area contributed by atoms with Gasteiger partial charge in [0.05, 0.1) is 6.33 Å². The van der Waals surface area contributed by atoms with E-state index >= 15 is 0 Å². The van der Waals surface area contributed by atoms with Crippen molar-refractivity contribution in [1.29, 1.82) is 0 Å². The molecule has 1 saturated heterocycles. The zero-order valence-electron chi connectivity index (χ0n) is 18.3. The molecular formula is C25H35FN2O3. The van der Waals surface area contributed by atoms with Crippen LogP contribution in [0.25, 0.3) is 0 Å². The van der Waals surface area contributed by atoms with Crippen LogP contribution in [0.15, 0.2) is 36.2 Å². The summed E-state index contributed by atoms with van der Waals surface area (Å²) < 4.78 is 23.7. The average Bonchev–Trinajstić information content (AvgIpc) is 2.85. The predicted octanol–water partition coefficient (Wildman–Crippen LogP) is 4.01. The lowest BCUT2D eigenvalue weighted by Crippen LogP contribution is -2.52. The molecule has 1 aliphatic heterocycles. The molecule has 5 nitrogen and oxygen atoms in total. The van der Waals surface area contributed by atoms with Gasteiger partial charge in [-0.3, -0.25) is 4.79 Å². The van der Waals surface area contributed by atoms with Gasteiger partial charge in [-0.15, -0.1) is 0 Å². The Labute approximate surface area is 184 Å². The first-order valence-electron chi connectivity index (χ1n) is 11.7. The zero-order chi connectivity index (χ0) is 21.7. The molecule has 3 aliphatic carbocycles. The van der Waals surface area contributed by atoms with Crippen molar-refractivity contribution in [2.24, 2.45) is 17.1 Å². The zero-order valence-corrected chi connectivity index (χ0v) is 18.3. The topological polar surface area (TPSA) is 73.6 Å². The molecule has 1 aromatic rings. The number of benzene rings is 1. The minimum Gasteiger partial charge on any atom is -0.489 e. The molecule has 2 bridgehead atoms. The van der Waals surface area contributed by atoms with E-state index < -0.39 is 0 Å². The standard InChI is InChI=1S/C25H35FN2O3/c26-15-20(16-27)18-31-22-3-1-21(2-4-22)24-7-10-25(11-8-24,12-9-24)23(29)28-17-19-5-13-30-14-6-19/h1-4,15,19H,5-14,16-18,27H2,(H,28,29)/b20-15+. The second kappa shape index (κ2) is 9.70. The lowest BCUT2D eigenvalue weighted by Gasteiger charge is -2.53. The first-order valence-corrected chi connectivity index (χ1v) is 11.7. The summed E-state index contributed by atoms with van der Waals surface area (Å²) in [5.41, 5.74) is 7.24. The lowest BCUT2D eigenvalue weighted by molar-refractivity contribution is -0.138. The second-order valence-corrected chi connectivity index (χ2v) is 9.61. The molecular weight excluding hydrogens is 395 g/mol. The third-order valence-electron chi connectivity index (χ3n) is 7.93. The molecule has 31 heavy (non-hydrogen) atoms. The van der Waals surface area contributed by atoms with Gasteiger partial charge in [0.25, 0.3) is 0 Å². The number of amides is 1. The summed E-state index contributed by atoms with van der Waals surface area (Å²) >= 11 is 0. The minimum absolute atomic E-state index is 0.155. The van der Waals surface area contributed by atoms with Crippen molar-refractivity contribution in [3.8, 4) is 5.75 Å². The SMILES string of the molecule is NC/C(=C\F)COc1ccc(C23CCC(C(=O)NCC4CCOCC4)(CC2)CC3)cc1. The summed E-state index contributed by atoms with van der Waals surface area (Å²) in [7, 11) is 0. The van der Waals surface area contributed by atoms with E-state index in [0.29, 0.717) is 17.8 Å². The minimum atomic E-state index is -0.173. The summed E-state index contributed by atoms with van der Waals surface area (Å²) in [6.07, 6.45) is 8.67. The monoisotopic (exact) mass is 430 g/mol. The van der Waals surface area contributed by atoms with Gasteiger partial charge in [0.1, 0.15) is 12.4 Å². The molecule has 1 heterocycles. The number of nitrogens with one attached hydrogen (secondary N) is 1. The summed E-state index contributed by atoms with van der Waals surface area (Å²) in [5.74, 6) is 1.55. The molecule has 170 valence electrons. The van der Waals surface area contributed by atoms with E-state index in [0.717, 1.165) is 76.9 Å². The highest BCUT2D eigenvalue weighted by Gasteiger charge is 2.52. The first-order chi connectivity index (χ1) is 15.1. The second-order valence-electron chi connectivity index (χ2n) is 9.61. The number of nitrogens with two attached hydrogens (primary N) is 1. The Morgan fingerprint density at radius 1 is 1.13 bits per heavy atom. The average molecular weight is 431 g/mol. The Morgan fingerprint density at radius 2 is 1.77 bits per heavy atom. The maximum Gasteiger partial charge on any atom is 0.226 e. The number of rotatable bonds is 8. The van der Waals surface area contributed by atoms with E-state index in [1.807, 2.05) is 12.1 Å². The molecule has 6 heteroatoms. The van der Waals surface area contributed by atoms with Crippen molar-refractivity contribution in [2.75, 3.05) is 32.9 Å². The van der Waals surface area contributed by atoms with Crippen LogP contribution >= 0.6 is 0 Å². The number of halogens is 1. The first kappa shape index (κ1) is 22.3. The van der Waals surface area contributed by atoms with E-state index in [-0.39, 0.29) is 29.9 Å². The summed E-state index contributed by atoms with van der Waals surface area (Å²) in [6, 6.07) is 8.21. The van der Waals surface area contributed by atoms with Crippen molar-refractivity contribution in [1.82, 2.24) is 5.32 Å². The number of hydrogen-bond acceptors (Lipinski definition) is 4. The van der Waals surface area contributed by atoms with Crippen LogP contribution < -0.4 is 15.8 Å². The summed E-state index contributed by atoms with van der Waals surface area (Å²) in [6.45, 7) is 2.75. The van der Waals surface area contributed by atoms with Crippen molar-refractivity contribution < 1.29 is 18.7 Å². The Morgan fingerprint density at radius 3 is 2.35 bits per heavy atom. The molecule has 1 aromatic carbocycles. The summed E-state index contributed by atoms with van der Waals surface area (Å²) in [4.78, 5) is 13.1. The van der Waals surface area contributed by atoms with Crippen LogP contribution in [-0.2, 0) is 14.9 Å². The fourth-order valence-electron chi connectivity index (χ4n) is 5.55. The van der Waals surface area contributed by atoms with Gasteiger partial charge in [0.15, 0.2) is 0 Å². The molecule has 0 radical (unpaired) electrons. The van der Waals surface area contributed by atoms with Gasteiger partial charge in [0.2, 0.25) is 5.91 Å². The van der Waals surface area contributed by atoms with Gasteiger partial charge >= 0.3 is 0 Å². The Kier molecular flexibility index (Phi) is 6.97. The maximum atomic E-state index is 13.1. The largest absolute Gasteiger partial charge is 0.489 e. The van der Waals surface area contributed by atoms with Gasteiger partial charge in [-0.25, -0.2) is 4.39 Å². The third-order valence-corrected chi connectivity index (χ3v) is 7.93. The molecule has 4 fully saturated rings. The number of hydrogen-bond donors (Lipinski definition) is 2. The van der Waals surface area contributed by atoms with Crippen LogP contribution in [0, 0.1) is 11.3 Å². The number of fused-ring (bicyclic) bond motifs is 3. The smallest absolute Gasteiger partial charge is 0.226 e. The normalized spacial score (nSPS) is 29.0. The lowest BCUT2D eigenvalue weighted by atomic mass is 9.51. The Balaban J connectivity index is 1.32. The predicted molar refractivity (Wildman–Crippen MR) is 119 cm³/mol. The van der Waals surface area contributed by atoms with E-state index in [4.69, 9.17) is 15.2 Å². The van der Waals surface area contributed by atoms with Crippen LogP contribution in [0.1, 0.15) is 56.9 Å². The molecule has 1 amide bonds. The number of carbonyl (C=O) groups excluding carboxylic acids is 1. The van der Waals surface area contributed by atoms with Gasteiger partial charge in [-0.05, 0) is 80.4 Å². The van der Waals surface area contributed by atoms with Crippen LogP contribution in [-0.4, -0.2) is 38.8 Å². The van der Waals surface area contributed by atoms with E-state index in [2.05, 4.69) is 17.4 Å². The fraction of sp³-hybridized carbons (Fsp3) is 0.640. The highest BCUT2D eigenvalue weighted by molar-refractivity contribution is 5.83. The van der Waals surface area contributed by atoms with E-state index in [1.165, 1.54) is 5.56 Å². The van der Waals surface area contributed by atoms with Gasteiger partial charge < -0.3 is 20.5 Å². The summed E-state index contributed by atoms with van der Waals surface area (Å²) in [5, 5.41) is 3.28. The maximum absolute atomic E-state index is 13.1. The van der Waals surface area contributed by atoms with Crippen molar-refractivity contribution in [3.05, 3.63) is 41.7 Å². The van der Waals surface area contributed by atoms with Gasteiger partial charge in [-0.1, -0.05) is 12.1 Å². The molecule has 3 saturated carbocycles. The molecule has 0 unspecified atom stereocenters. The number of carbonyl (C=O) groups is 1. The van der Waals surface area contributed by atoms with E-state index in [9.17, 15) is 9.18 Å². The highest BCUT2D eigenvalue weighted by Crippen LogP contribution is 2.57. The molecule has 5 rings (SSSR count). The van der Waals surface area contributed by atoms with Crippen molar-refractivity contribution in [3.63, 3.8) is 0 Å². The molecule has 3 N–H and O–H groups in total. The highest BCUT2D eigenvalue weighted by atomic mass is 19.1. The van der Waals surface area contributed by atoms with Crippen molar-refractivity contribution in [2.45, 2.75) is 56.8 Å². The van der Waals surface area contributed by atoms with Crippen LogP contribution in [0.3, 0.4) is 0 Å². The quantitative estimate of drug-likeness (QED) is 0.654. The van der Waals surface area contributed by atoms with Crippen LogP contribution in [0.4, 0.5) is 4.39 Å². The molecule has 0 spiro atoms. The molecule has 0 atom stereocenters.